The van der Waals surface area contributed by atoms with Crippen LogP contribution in [0.2, 0.25) is 0 Å². The van der Waals surface area contributed by atoms with Crippen molar-refractivity contribution in [1.29, 1.82) is 0 Å². The summed E-state index contributed by atoms with van der Waals surface area (Å²) in [5.41, 5.74) is 0.706. The zero-order valence-electron chi connectivity index (χ0n) is 7.39. The summed E-state index contributed by atoms with van der Waals surface area (Å²) < 4.78 is 13.0. The Morgan fingerprint density at radius 3 is 2.77 bits per heavy atom. The van der Waals surface area contributed by atoms with Crippen LogP contribution in [0.4, 0.5) is 4.39 Å². The van der Waals surface area contributed by atoms with E-state index in [2.05, 4.69) is 5.32 Å². The average Bonchev–Trinajstić information content (AvgIpc) is 2.15. The highest BCUT2D eigenvalue weighted by atomic mass is 35.5. The molecule has 1 aromatic carbocycles. The zero-order valence-corrected chi connectivity index (χ0v) is 8.15. The lowest BCUT2D eigenvalue weighted by molar-refractivity contribution is 0.587. The van der Waals surface area contributed by atoms with Gasteiger partial charge in [0, 0.05) is 18.0 Å². The van der Waals surface area contributed by atoms with Crippen molar-refractivity contribution in [2.75, 3.05) is 12.4 Å². The van der Waals surface area contributed by atoms with Crippen LogP contribution >= 0.6 is 11.6 Å². The topological polar surface area (TPSA) is 12.0 Å². The first-order valence-electron chi connectivity index (χ1n) is 4.34. The normalized spacial score (nSPS) is 10.3. The number of halogens is 2. The molecule has 1 rings (SSSR count). The van der Waals surface area contributed by atoms with Crippen LogP contribution in [0.25, 0.3) is 0 Å². The van der Waals surface area contributed by atoms with Gasteiger partial charge in [0.25, 0.3) is 0 Å². The Bertz CT molecular complexity index is 252. The number of rotatable bonds is 5. The van der Waals surface area contributed by atoms with E-state index in [1.165, 1.54) is 6.07 Å². The highest BCUT2D eigenvalue weighted by Crippen LogP contribution is 2.05. The maximum absolute atomic E-state index is 13.0. The van der Waals surface area contributed by atoms with Crippen LogP contribution in [-0.4, -0.2) is 12.4 Å². The third kappa shape index (κ3) is 3.75. The molecule has 0 spiro atoms. The molecule has 0 heterocycles. The molecule has 3 heteroatoms. The molecule has 0 radical (unpaired) electrons. The second-order valence-electron chi connectivity index (χ2n) is 2.81. The third-order valence-electron chi connectivity index (χ3n) is 1.76. The fourth-order valence-electron chi connectivity index (χ4n) is 1.06. The minimum Gasteiger partial charge on any atom is -0.313 e. The molecular weight excluding hydrogens is 189 g/mol. The van der Waals surface area contributed by atoms with Crippen molar-refractivity contribution in [2.24, 2.45) is 0 Å². The van der Waals surface area contributed by atoms with Gasteiger partial charge in [-0.15, -0.1) is 11.6 Å². The second-order valence-corrected chi connectivity index (χ2v) is 3.19. The Morgan fingerprint density at radius 2 is 2.08 bits per heavy atom. The molecule has 13 heavy (non-hydrogen) atoms. The fraction of sp³-hybridized carbons (Fsp3) is 0.400. The van der Waals surface area contributed by atoms with Gasteiger partial charge in [0.05, 0.1) is 0 Å². The smallest absolute Gasteiger partial charge is 0.127 e. The summed E-state index contributed by atoms with van der Waals surface area (Å²) in [6, 6.07) is 6.78. The molecule has 0 aliphatic rings. The number of hydrogen-bond acceptors (Lipinski definition) is 1. The monoisotopic (exact) mass is 201 g/mol. The van der Waals surface area contributed by atoms with Crippen LogP contribution in [0.15, 0.2) is 24.3 Å². The van der Waals surface area contributed by atoms with E-state index in [0.29, 0.717) is 18.0 Å². The molecule has 0 aliphatic carbocycles. The minimum absolute atomic E-state index is 0.152. The first-order chi connectivity index (χ1) is 6.34. The number of hydrogen-bond donors (Lipinski definition) is 1. The van der Waals surface area contributed by atoms with E-state index in [-0.39, 0.29) is 5.82 Å². The highest BCUT2D eigenvalue weighted by molar-refractivity contribution is 6.17. The number of alkyl halides is 1. The Labute approximate surface area is 82.9 Å². The van der Waals surface area contributed by atoms with Crippen LogP contribution in [-0.2, 0) is 6.54 Å². The molecule has 0 aromatic heterocycles. The summed E-state index contributed by atoms with van der Waals surface area (Å²) in [7, 11) is 0. The van der Waals surface area contributed by atoms with Gasteiger partial charge in [-0.05, 0) is 19.0 Å². The lowest BCUT2D eigenvalue weighted by Gasteiger charge is -2.04. The van der Waals surface area contributed by atoms with E-state index < -0.39 is 0 Å². The predicted octanol–water partition coefficient (Wildman–Crippen LogP) is 2.54. The molecule has 0 bridgehead atoms. The summed E-state index contributed by atoms with van der Waals surface area (Å²) in [5, 5.41) is 3.12. The molecule has 72 valence electrons. The summed E-state index contributed by atoms with van der Waals surface area (Å²) in [5.74, 6) is 0.491. The zero-order chi connectivity index (χ0) is 9.52. The maximum atomic E-state index is 13.0. The summed E-state index contributed by atoms with van der Waals surface area (Å²) in [4.78, 5) is 0. The molecule has 0 aliphatic heterocycles. The van der Waals surface area contributed by atoms with Crippen molar-refractivity contribution in [3.63, 3.8) is 0 Å². The van der Waals surface area contributed by atoms with Crippen molar-refractivity contribution < 1.29 is 4.39 Å². The maximum Gasteiger partial charge on any atom is 0.127 e. The number of nitrogens with one attached hydrogen (secondary N) is 1. The molecule has 0 unspecified atom stereocenters. The Hall–Kier alpha value is -0.600. The van der Waals surface area contributed by atoms with Crippen LogP contribution in [0.3, 0.4) is 0 Å². The molecule has 1 aromatic rings. The predicted molar refractivity (Wildman–Crippen MR) is 53.4 cm³/mol. The quantitative estimate of drug-likeness (QED) is 0.570. The SMILES string of the molecule is Fc1ccccc1CNCCCCl. The van der Waals surface area contributed by atoms with Crippen molar-refractivity contribution in [3.05, 3.63) is 35.6 Å². The van der Waals surface area contributed by atoms with Gasteiger partial charge in [0.1, 0.15) is 5.82 Å². The second kappa shape index (κ2) is 5.95. The highest BCUT2D eigenvalue weighted by Gasteiger charge is 1.98. The minimum atomic E-state index is -0.152. The first-order valence-corrected chi connectivity index (χ1v) is 4.88. The van der Waals surface area contributed by atoms with Gasteiger partial charge >= 0.3 is 0 Å². The molecule has 1 nitrogen and oxygen atoms in total. The molecule has 0 saturated carbocycles. The third-order valence-corrected chi connectivity index (χ3v) is 2.03. The Morgan fingerprint density at radius 1 is 1.31 bits per heavy atom. The fourth-order valence-corrected chi connectivity index (χ4v) is 1.19. The van der Waals surface area contributed by atoms with Gasteiger partial charge in [-0.1, -0.05) is 18.2 Å². The molecule has 0 fully saturated rings. The van der Waals surface area contributed by atoms with Crippen molar-refractivity contribution >= 4 is 11.6 Å². The molecule has 0 atom stereocenters. The van der Waals surface area contributed by atoms with Crippen LogP contribution in [0.5, 0.6) is 0 Å². The van der Waals surface area contributed by atoms with Gasteiger partial charge in [-0.25, -0.2) is 4.39 Å². The van der Waals surface area contributed by atoms with E-state index >= 15 is 0 Å². The van der Waals surface area contributed by atoms with Crippen LogP contribution in [0, 0.1) is 5.82 Å². The molecule has 0 saturated heterocycles. The van der Waals surface area contributed by atoms with Gasteiger partial charge in [0.15, 0.2) is 0 Å². The Kier molecular flexibility index (Phi) is 4.79. The van der Waals surface area contributed by atoms with Crippen LogP contribution in [0.1, 0.15) is 12.0 Å². The van der Waals surface area contributed by atoms with Crippen molar-refractivity contribution in [2.45, 2.75) is 13.0 Å². The van der Waals surface area contributed by atoms with Crippen molar-refractivity contribution in [3.8, 4) is 0 Å². The Balaban J connectivity index is 2.32. The lowest BCUT2D eigenvalue weighted by Crippen LogP contribution is -2.15. The molecule has 1 N–H and O–H groups in total. The van der Waals surface area contributed by atoms with E-state index in [0.717, 1.165) is 13.0 Å². The van der Waals surface area contributed by atoms with E-state index in [4.69, 9.17) is 11.6 Å². The summed E-state index contributed by atoms with van der Waals surface area (Å²) in [6.45, 7) is 1.40. The van der Waals surface area contributed by atoms with Crippen LogP contribution < -0.4 is 5.32 Å². The summed E-state index contributed by atoms with van der Waals surface area (Å²) in [6.07, 6.45) is 0.913. The largest absolute Gasteiger partial charge is 0.313 e. The average molecular weight is 202 g/mol. The van der Waals surface area contributed by atoms with Gasteiger partial charge < -0.3 is 5.32 Å². The lowest BCUT2D eigenvalue weighted by atomic mass is 10.2. The van der Waals surface area contributed by atoms with E-state index in [1.54, 1.807) is 12.1 Å². The van der Waals surface area contributed by atoms with Gasteiger partial charge in [0.2, 0.25) is 0 Å². The number of benzene rings is 1. The van der Waals surface area contributed by atoms with E-state index in [1.807, 2.05) is 6.07 Å². The van der Waals surface area contributed by atoms with Gasteiger partial charge in [-0.2, -0.15) is 0 Å². The van der Waals surface area contributed by atoms with Crippen molar-refractivity contribution in [1.82, 2.24) is 5.32 Å². The molecular formula is C10H13ClFN. The van der Waals surface area contributed by atoms with Gasteiger partial charge in [-0.3, -0.25) is 0 Å². The molecule has 0 amide bonds. The summed E-state index contributed by atoms with van der Waals surface area (Å²) >= 11 is 5.50. The van der Waals surface area contributed by atoms with E-state index in [9.17, 15) is 4.39 Å². The standard InChI is InChI=1S/C10H13ClFN/c11-6-3-7-13-8-9-4-1-2-5-10(9)12/h1-2,4-5,13H,3,6-8H2. The first kappa shape index (κ1) is 10.5.